The zero-order valence-electron chi connectivity index (χ0n) is 25.7. The number of ether oxygens (including phenoxy) is 2. The van der Waals surface area contributed by atoms with E-state index in [9.17, 15) is 14.4 Å². The third kappa shape index (κ3) is 9.38. The molecule has 2 N–H and O–H groups in total. The van der Waals surface area contributed by atoms with Crippen molar-refractivity contribution in [2.75, 3.05) is 7.11 Å². The normalized spacial score (nSPS) is 16.1. The van der Waals surface area contributed by atoms with Gasteiger partial charge in [-0.2, -0.15) is 0 Å². The zero-order valence-corrected chi connectivity index (χ0v) is 25.7. The lowest BCUT2D eigenvalue weighted by atomic mass is 9.90. The summed E-state index contributed by atoms with van der Waals surface area (Å²) in [6.45, 7) is 6.02. The number of hydrogen-bond donors (Lipinski definition) is 2. The molecule has 1 fully saturated rings. The molecule has 4 atom stereocenters. The number of carbonyl (C=O) groups is 3. The standard InChI is InChI=1S/C37H44N2O5/c1-4-33(44-30-18-12-7-13-19-30)34(29-22-20-26(2)21-23-29)36(41)38-31(24-27-14-8-5-9-15-27)35(40)39-32(37(42)43-3)25-28-16-10-6-11-17-28/h4-6,8-11,14-17,20-23,30-34H,1,7,12-13,18-19,24-25H2,2-3H3,(H,38,41)(H,39,40)/t31-,32-,33+,34+/m0/s1. The third-order valence-corrected chi connectivity index (χ3v) is 8.18. The highest BCUT2D eigenvalue weighted by molar-refractivity contribution is 5.93. The van der Waals surface area contributed by atoms with Crippen molar-refractivity contribution < 1.29 is 23.9 Å². The smallest absolute Gasteiger partial charge is 0.328 e. The number of esters is 1. The van der Waals surface area contributed by atoms with E-state index in [0.717, 1.165) is 47.9 Å². The molecule has 3 aromatic rings. The van der Waals surface area contributed by atoms with E-state index in [-0.39, 0.29) is 24.9 Å². The molecule has 0 radical (unpaired) electrons. The number of benzene rings is 3. The molecule has 232 valence electrons. The summed E-state index contributed by atoms with van der Waals surface area (Å²) in [7, 11) is 1.30. The van der Waals surface area contributed by atoms with E-state index in [1.54, 1.807) is 6.08 Å². The largest absolute Gasteiger partial charge is 0.467 e. The van der Waals surface area contributed by atoms with Gasteiger partial charge in [0.2, 0.25) is 11.8 Å². The summed E-state index contributed by atoms with van der Waals surface area (Å²) in [5.41, 5.74) is 3.60. The van der Waals surface area contributed by atoms with Gasteiger partial charge in [-0.3, -0.25) is 9.59 Å². The number of aryl methyl sites for hydroxylation is 1. The SMILES string of the molecule is C=C[C@@H](OC1CCCCC1)[C@H](C(=O)N[C@@H](Cc1ccccc1)C(=O)N[C@@H](Cc1ccccc1)C(=O)OC)c1ccc(C)cc1. The van der Waals surface area contributed by atoms with Crippen molar-refractivity contribution in [1.29, 1.82) is 0 Å². The molecule has 2 amide bonds. The molecule has 7 heteroatoms. The maximum Gasteiger partial charge on any atom is 0.328 e. The van der Waals surface area contributed by atoms with Crippen LogP contribution in [0, 0.1) is 6.92 Å². The van der Waals surface area contributed by atoms with Gasteiger partial charge in [0.05, 0.1) is 25.2 Å². The fourth-order valence-electron chi connectivity index (χ4n) is 5.74. The van der Waals surface area contributed by atoms with Gasteiger partial charge in [0.25, 0.3) is 0 Å². The molecule has 7 nitrogen and oxygen atoms in total. The Balaban J connectivity index is 1.61. The number of amides is 2. The molecule has 1 aliphatic rings. The van der Waals surface area contributed by atoms with Gasteiger partial charge in [-0.25, -0.2) is 4.79 Å². The summed E-state index contributed by atoms with van der Waals surface area (Å²) in [5.74, 6) is -2.10. The number of methoxy groups -OCH3 is 1. The summed E-state index contributed by atoms with van der Waals surface area (Å²) in [6, 6.07) is 24.8. The first-order valence-corrected chi connectivity index (χ1v) is 15.5. The van der Waals surface area contributed by atoms with Crippen LogP contribution < -0.4 is 10.6 Å². The van der Waals surface area contributed by atoms with Crippen LogP contribution in [0.4, 0.5) is 0 Å². The second kappa shape index (κ2) is 16.6. The fourth-order valence-corrected chi connectivity index (χ4v) is 5.74. The third-order valence-electron chi connectivity index (χ3n) is 8.18. The van der Waals surface area contributed by atoms with Gasteiger partial charge in [0.1, 0.15) is 12.1 Å². The van der Waals surface area contributed by atoms with Crippen molar-refractivity contribution in [1.82, 2.24) is 10.6 Å². The van der Waals surface area contributed by atoms with Crippen molar-refractivity contribution in [3.05, 3.63) is 120 Å². The van der Waals surface area contributed by atoms with Gasteiger partial charge in [-0.1, -0.05) is 116 Å². The second-order valence-corrected chi connectivity index (χ2v) is 11.5. The number of carbonyl (C=O) groups excluding carboxylic acids is 3. The first-order chi connectivity index (χ1) is 21.4. The molecule has 0 saturated heterocycles. The Bertz CT molecular complexity index is 1350. The number of hydrogen-bond acceptors (Lipinski definition) is 5. The van der Waals surface area contributed by atoms with Crippen LogP contribution in [0.3, 0.4) is 0 Å². The predicted molar refractivity (Wildman–Crippen MR) is 172 cm³/mol. The molecular weight excluding hydrogens is 552 g/mol. The van der Waals surface area contributed by atoms with E-state index in [1.165, 1.54) is 13.5 Å². The Morgan fingerprint density at radius 3 is 1.89 bits per heavy atom. The summed E-state index contributed by atoms with van der Waals surface area (Å²) < 4.78 is 11.5. The monoisotopic (exact) mass is 596 g/mol. The van der Waals surface area contributed by atoms with Gasteiger partial charge in [-0.05, 0) is 36.5 Å². The Kier molecular flexibility index (Phi) is 12.3. The minimum Gasteiger partial charge on any atom is -0.467 e. The van der Waals surface area contributed by atoms with E-state index in [2.05, 4.69) is 17.2 Å². The molecule has 0 aromatic heterocycles. The van der Waals surface area contributed by atoms with Crippen LogP contribution >= 0.6 is 0 Å². The summed E-state index contributed by atoms with van der Waals surface area (Å²) >= 11 is 0. The lowest BCUT2D eigenvalue weighted by Gasteiger charge is -2.32. The fraction of sp³-hybridized carbons (Fsp3) is 0.378. The zero-order chi connectivity index (χ0) is 31.3. The Labute approximate surface area is 261 Å². The number of rotatable bonds is 14. The van der Waals surface area contributed by atoms with E-state index in [1.807, 2.05) is 91.9 Å². The summed E-state index contributed by atoms with van der Waals surface area (Å²) in [6.07, 6.45) is 6.93. The first-order valence-electron chi connectivity index (χ1n) is 15.5. The van der Waals surface area contributed by atoms with Crippen LogP contribution in [0.1, 0.15) is 60.3 Å². The van der Waals surface area contributed by atoms with Crippen LogP contribution in [-0.2, 0) is 36.7 Å². The van der Waals surface area contributed by atoms with Crippen LogP contribution in [0.2, 0.25) is 0 Å². The maximum atomic E-state index is 14.2. The summed E-state index contributed by atoms with van der Waals surface area (Å²) in [5, 5.41) is 5.88. The predicted octanol–water partition coefficient (Wildman–Crippen LogP) is 5.61. The molecule has 0 aliphatic heterocycles. The number of nitrogens with one attached hydrogen (secondary N) is 2. The van der Waals surface area contributed by atoms with Crippen LogP contribution in [0.15, 0.2) is 97.6 Å². The quantitative estimate of drug-likeness (QED) is 0.186. The minimum atomic E-state index is -0.957. The van der Waals surface area contributed by atoms with E-state index >= 15 is 0 Å². The van der Waals surface area contributed by atoms with Gasteiger partial charge in [0, 0.05) is 12.8 Å². The molecule has 1 saturated carbocycles. The Morgan fingerprint density at radius 2 is 1.34 bits per heavy atom. The Morgan fingerprint density at radius 1 is 0.795 bits per heavy atom. The van der Waals surface area contributed by atoms with Gasteiger partial charge in [-0.15, -0.1) is 6.58 Å². The van der Waals surface area contributed by atoms with Gasteiger partial charge < -0.3 is 20.1 Å². The van der Waals surface area contributed by atoms with E-state index in [0.29, 0.717) is 0 Å². The van der Waals surface area contributed by atoms with Crippen molar-refractivity contribution in [3.8, 4) is 0 Å². The van der Waals surface area contributed by atoms with Gasteiger partial charge >= 0.3 is 5.97 Å². The molecule has 0 unspecified atom stereocenters. The average Bonchev–Trinajstić information content (AvgIpc) is 3.05. The van der Waals surface area contributed by atoms with Gasteiger partial charge in [0.15, 0.2) is 0 Å². The lowest BCUT2D eigenvalue weighted by molar-refractivity contribution is -0.145. The molecule has 0 bridgehead atoms. The van der Waals surface area contributed by atoms with Crippen molar-refractivity contribution in [2.24, 2.45) is 0 Å². The van der Waals surface area contributed by atoms with E-state index in [4.69, 9.17) is 9.47 Å². The lowest BCUT2D eigenvalue weighted by Crippen LogP contribution is -2.54. The van der Waals surface area contributed by atoms with Crippen molar-refractivity contribution in [3.63, 3.8) is 0 Å². The van der Waals surface area contributed by atoms with Crippen LogP contribution in [0.25, 0.3) is 0 Å². The highest BCUT2D eigenvalue weighted by atomic mass is 16.5. The van der Waals surface area contributed by atoms with Crippen molar-refractivity contribution in [2.45, 2.75) is 82.1 Å². The molecule has 0 heterocycles. The van der Waals surface area contributed by atoms with Crippen LogP contribution in [0.5, 0.6) is 0 Å². The molecule has 44 heavy (non-hydrogen) atoms. The molecule has 4 rings (SSSR count). The average molecular weight is 597 g/mol. The Hall–Kier alpha value is -4.23. The molecule has 1 aliphatic carbocycles. The molecular formula is C37H44N2O5. The topological polar surface area (TPSA) is 93.7 Å². The first kappa shape index (κ1) is 32.7. The van der Waals surface area contributed by atoms with Crippen molar-refractivity contribution >= 4 is 17.8 Å². The molecule has 0 spiro atoms. The molecule has 3 aromatic carbocycles. The van der Waals surface area contributed by atoms with Crippen LogP contribution in [-0.4, -0.2) is 49.2 Å². The van der Waals surface area contributed by atoms with E-state index < -0.39 is 36.0 Å². The minimum absolute atomic E-state index is 0.0507. The summed E-state index contributed by atoms with van der Waals surface area (Å²) in [4.78, 5) is 40.9. The maximum absolute atomic E-state index is 14.2. The highest BCUT2D eigenvalue weighted by Crippen LogP contribution is 2.29. The second-order valence-electron chi connectivity index (χ2n) is 11.5. The highest BCUT2D eigenvalue weighted by Gasteiger charge is 2.35.